The highest BCUT2D eigenvalue weighted by Gasteiger charge is 2.20. The molecule has 1 aromatic carbocycles. The molecule has 2 rings (SSSR count). The Morgan fingerprint density at radius 2 is 2.20 bits per heavy atom. The molecule has 3 N–H and O–H groups in total. The largest absolute Gasteiger partial charge is 0.479 e. The van der Waals surface area contributed by atoms with Crippen molar-refractivity contribution in [2.24, 2.45) is 0 Å². The number of hydrogen-bond donors (Lipinski definition) is 3. The van der Waals surface area contributed by atoms with Crippen molar-refractivity contribution in [3.05, 3.63) is 34.4 Å². The summed E-state index contributed by atoms with van der Waals surface area (Å²) >= 11 is 3.34. The molecule has 2 aromatic rings. The van der Waals surface area contributed by atoms with Crippen molar-refractivity contribution in [2.45, 2.75) is 6.10 Å². The lowest BCUT2D eigenvalue weighted by molar-refractivity contribution is -0.146. The number of aliphatic hydroxyl groups excluding tert-OH is 1. The van der Waals surface area contributed by atoms with Gasteiger partial charge >= 0.3 is 5.97 Å². The molecular formula is C10H8BrNO3. The summed E-state index contributed by atoms with van der Waals surface area (Å²) in [5.74, 6) is -1.25. The van der Waals surface area contributed by atoms with Gasteiger partial charge in [0.25, 0.3) is 0 Å². The second kappa shape index (κ2) is 3.67. The van der Waals surface area contributed by atoms with E-state index < -0.39 is 12.1 Å². The van der Waals surface area contributed by atoms with Crippen LogP contribution in [0.2, 0.25) is 0 Å². The van der Waals surface area contributed by atoms with Crippen molar-refractivity contribution in [1.29, 1.82) is 0 Å². The number of carboxylic acid groups (broad SMARTS) is 1. The van der Waals surface area contributed by atoms with E-state index in [9.17, 15) is 9.90 Å². The van der Waals surface area contributed by atoms with Gasteiger partial charge in [0.2, 0.25) is 0 Å². The number of carboxylic acids is 1. The molecule has 0 spiro atoms. The van der Waals surface area contributed by atoms with Crippen LogP contribution in [0.1, 0.15) is 11.7 Å². The Bertz CT molecular complexity index is 520. The monoisotopic (exact) mass is 269 g/mol. The molecule has 0 saturated carbocycles. The smallest absolute Gasteiger partial charge is 0.337 e. The Labute approximate surface area is 93.7 Å². The number of aliphatic carboxylic acids is 1. The molecule has 0 radical (unpaired) electrons. The SMILES string of the molecule is O=C(O)C(O)c1c[nH]c2c(Br)cccc12. The average molecular weight is 270 g/mol. The minimum absolute atomic E-state index is 0.374. The topological polar surface area (TPSA) is 73.3 Å². The van der Waals surface area contributed by atoms with E-state index in [2.05, 4.69) is 20.9 Å². The number of aromatic nitrogens is 1. The molecule has 0 saturated heterocycles. The van der Waals surface area contributed by atoms with Crippen LogP contribution in [0.15, 0.2) is 28.9 Å². The zero-order valence-corrected chi connectivity index (χ0v) is 9.15. The summed E-state index contributed by atoms with van der Waals surface area (Å²) in [5.41, 5.74) is 1.16. The van der Waals surface area contributed by atoms with Crippen LogP contribution in [0, 0.1) is 0 Å². The fourth-order valence-electron chi connectivity index (χ4n) is 1.50. The van der Waals surface area contributed by atoms with E-state index >= 15 is 0 Å². The highest BCUT2D eigenvalue weighted by atomic mass is 79.9. The molecule has 0 aliphatic carbocycles. The normalized spacial score (nSPS) is 12.9. The summed E-state index contributed by atoms with van der Waals surface area (Å²) in [6, 6.07) is 5.40. The summed E-state index contributed by atoms with van der Waals surface area (Å²) < 4.78 is 0.837. The lowest BCUT2D eigenvalue weighted by Gasteiger charge is -2.03. The third-order valence-electron chi connectivity index (χ3n) is 2.23. The highest BCUT2D eigenvalue weighted by molar-refractivity contribution is 9.10. The number of aliphatic hydroxyl groups is 1. The summed E-state index contributed by atoms with van der Waals surface area (Å²) in [5, 5.41) is 18.9. The molecule has 1 aromatic heterocycles. The number of para-hydroxylation sites is 1. The van der Waals surface area contributed by atoms with Gasteiger partial charge in [-0.05, 0) is 22.0 Å². The predicted molar refractivity (Wildman–Crippen MR) is 58.6 cm³/mol. The van der Waals surface area contributed by atoms with Crippen LogP contribution in [0.5, 0.6) is 0 Å². The van der Waals surface area contributed by atoms with Crippen LogP contribution < -0.4 is 0 Å². The van der Waals surface area contributed by atoms with Crippen LogP contribution in [0.25, 0.3) is 10.9 Å². The van der Waals surface area contributed by atoms with Gasteiger partial charge in [-0.2, -0.15) is 0 Å². The van der Waals surface area contributed by atoms with Crippen molar-refractivity contribution in [3.63, 3.8) is 0 Å². The first-order valence-electron chi connectivity index (χ1n) is 4.27. The second-order valence-corrected chi connectivity index (χ2v) is 4.00. The van der Waals surface area contributed by atoms with Crippen LogP contribution in [0.3, 0.4) is 0 Å². The maximum absolute atomic E-state index is 10.7. The van der Waals surface area contributed by atoms with E-state index in [-0.39, 0.29) is 0 Å². The molecule has 4 nitrogen and oxygen atoms in total. The average Bonchev–Trinajstić information content (AvgIpc) is 2.61. The number of carbonyl (C=O) groups is 1. The number of aromatic amines is 1. The molecular weight excluding hydrogens is 262 g/mol. The third-order valence-corrected chi connectivity index (χ3v) is 2.89. The van der Waals surface area contributed by atoms with E-state index in [1.165, 1.54) is 6.20 Å². The molecule has 0 aliphatic rings. The number of H-pyrrole nitrogens is 1. The van der Waals surface area contributed by atoms with Crippen molar-refractivity contribution < 1.29 is 15.0 Å². The Balaban J connectivity index is 2.64. The first-order chi connectivity index (χ1) is 7.11. The van der Waals surface area contributed by atoms with Gasteiger partial charge in [-0.1, -0.05) is 12.1 Å². The summed E-state index contributed by atoms with van der Waals surface area (Å²) in [4.78, 5) is 13.6. The predicted octanol–water partition coefficient (Wildman–Crippen LogP) is 2.05. The molecule has 5 heteroatoms. The van der Waals surface area contributed by atoms with Gasteiger partial charge in [-0.15, -0.1) is 0 Å². The number of rotatable bonds is 2. The highest BCUT2D eigenvalue weighted by Crippen LogP contribution is 2.29. The number of nitrogens with one attached hydrogen (secondary N) is 1. The van der Waals surface area contributed by atoms with Gasteiger partial charge in [0, 0.05) is 21.6 Å². The number of halogens is 1. The lowest BCUT2D eigenvalue weighted by Crippen LogP contribution is -2.09. The Kier molecular flexibility index (Phi) is 2.50. The summed E-state index contributed by atoms with van der Waals surface area (Å²) in [6.07, 6.45) is 0.0156. The minimum Gasteiger partial charge on any atom is -0.479 e. The maximum atomic E-state index is 10.7. The molecule has 78 valence electrons. The minimum atomic E-state index is -1.49. The summed E-state index contributed by atoms with van der Waals surface area (Å²) in [7, 11) is 0. The third kappa shape index (κ3) is 1.64. The first-order valence-corrected chi connectivity index (χ1v) is 5.07. The van der Waals surface area contributed by atoms with Crippen molar-refractivity contribution in [1.82, 2.24) is 4.98 Å². The molecule has 0 amide bonds. The second-order valence-electron chi connectivity index (χ2n) is 3.15. The van der Waals surface area contributed by atoms with Gasteiger partial charge in [0.1, 0.15) is 0 Å². The Morgan fingerprint density at radius 3 is 2.87 bits per heavy atom. The van der Waals surface area contributed by atoms with Gasteiger partial charge in [0.15, 0.2) is 6.10 Å². The van der Waals surface area contributed by atoms with Gasteiger partial charge in [-0.25, -0.2) is 4.79 Å². The zero-order chi connectivity index (χ0) is 11.0. The molecule has 1 atom stereocenters. The Hall–Kier alpha value is -1.33. The standard InChI is InChI=1S/C10H8BrNO3/c11-7-3-1-2-5-6(4-12-8(5)7)9(13)10(14)15/h1-4,9,12-13H,(H,14,15). The molecule has 0 aliphatic heterocycles. The number of fused-ring (bicyclic) bond motifs is 1. The van der Waals surface area contributed by atoms with Crippen molar-refractivity contribution in [2.75, 3.05) is 0 Å². The van der Waals surface area contributed by atoms with Gasteiger partial charge < -0.3 is 15.2 Å². The fraction of sp³-hybridized carbons (Fsp3) is 0.100. The van der Waals surface area contributed by atoms with Gasteiger partial charge in [-0.3, -0.25) is 0 Å². The van der Waals surface area contributed by atoms with Crippen LogP contribution in [-0.4, -0.2) is 21.2 Å². The lowest BCUT2D eigenvalue weighted by atomic mass is 10.1. The Morgan fingerprint density at radius 1 is 1.47 bits per heavy atom. The number of hydrogen-bond acceptors (Lipinski definition) is 2. The van der Waals surface area contributed by atoms with Gasteiger partial charge in [0.05, 0.1) is 5.52 Å². The molecule has 15 heavy (non-hydrogen) atoms. The number of benzene rings is 1. The molecule has 1 heterocycles. The fourth-order valence-corrected chi connectivity index (χ4v) is 1.98. The maximum Gasteiger partial charge on any atom is 0.337 e. The molecule has 1 unspecified atom stereocenters. The van der Waals surface area contributed by atoms with Crippen molar-refractivity contribution >= 4 is 32.8 Å². The first kappa shape index (κ1) is 10.2. The van der Waals surface area contributed by atoms with E-state index in [1.807, 2.05) is 6.07 Å². The van der Waals surface area contributed by atoms with E-state index in [0.717, 1.165) is 9.99 Å². The zero-order valence-electron chi connectivity index (χ0n) is 7.57. The van der Waals surface area contributed by atoms with Crippen LogP contribution in [-0.2, 0) is 4.79 Å². The van der Waals surface area contributed by atoms with E-state index in [4.69, 9.17) is 5.11 Å². The molecule has 0 fully saturated rings. The van der Waals surface area contributed by atoms with Crippen LogP contribution >= 0.6 is 15.9 Å². The quantitative estimate of drug-likeness (QED) is 0.781. The summed E-state index contributed by atoms with van der Waals surface area (Å²) in [6.45, 7) is 0. The van der Waals surface area contributed by atoms with E-state index in [1.54, 1.807) is 12.1 Å². The van der Waals surface area contributed by atoms with E-state index in [0.29, 0.717) is 10.9 Å². The molecule has 0 bridgehead atoms. The van der Waals surface area contributed by atoms with Crippen molar-refractivity contribution in [3.8, 4) is 0 Å². The van der Waals surface area contributed by atoms with Crippen LogP contribution in [0.4, 0.5) is 0 Å².